The molecule has 5 aliphatic rings. The molecule has 2 aromatic heterocycles. The predicted octanol–water partition coefficient (Wildman–Crippen LogP) is 4.95. The fraction of sp³-hybridized carbons (Fsp3) is 0.429. The number of aromatic hydroxyl groups is 1. The quantitative estimate of drug-likeness (QED) is 0.288. The molecule has 1 aromatic carbocycles. The van der Waals surface area contributed by atoms with E-state index in [2.05, 4.69) is 4.90 Å². The number of benzene rings is 1. The van der Waals surface area contributed by atoms with Crippen molar-refractivity contribution in [2.75, 3.05) is 20.1 Å². The van der Waals surface area contributed by atoms with Gasteiger partial charge in [0.05, 0.1) is 42.6 Å². The number of piperidine rings is 1. The summed E-state index contributed by atoms with van der Waals surface area (Å²) in [6, 6.07) is 6.97. The van der Waals surface area contributed by atoms with Gasteiger partial charge in [0.1, 0.15) is 11.7 Å². The third-order valence-corrected chi connectivity index (χ3v) is 10.7. The number of phenols is 1. The van der Waals surface area contributed by atoms with E-state index in [1.165, 1.54) is 18.9 Å². The fourth-order valence-electron chi connectivity index (χ4n) is 8.60. The molecule has 4 heterocycles. The highest BCUT2D eigenvalue weighted by atomic mass is 16.6. The Bertz CT molecular complexity index is 1640. The van der Waals surface area contributed by atoms with E-state index in [9.17, 15) is 14.7 Å². The Balaban J connectivity index is 1.21. The van der Waals surface area contributed by atoms with Crippen LogP contribution < -0.4 is 4.74 Å². The van der Waals surface area contributed by atoms with Crippen LogP contribution in [0.5, 0.6) is 11.5 Å². The van der Waals surface area contributed by atoms with Gasteiger partial charge in [0.25, 0.3) is 0 Å². The summed E-state index contributed by atoms with van der Waals surface area (Å²) in [4.78, 5) is 31.5. The van der Waals surface area contributed by atoms with E-state index < -0.39 is 23.1 Å². The molecule has 1 N–H and O–H groups in total. The van der Waals surface area contributed by atoms with Gasteiger partial charge in [-0.15, -0.1) is 0 Å². The number of carbonyl (C=O) groups is 2. The van der Waals surface area contributed by atoms with Crippen LogP contribution in [0.1, 0.15) is 54.4 Å². The van der Waals surface area contributed by atoms with Crippen LogP contribution in [0.4, 0.5) is 0 Å². The smallest absolute Gasteiger partial charge is 0.331 e. The van der Waals surface area contributed by atoms with Crippen LogP contribution in [0.2, 0.25) is 0 Å². The SMILES string of the molecule is CN(C(=O)/C=C/c1ccoc1)[C@@H]1CC[C@@]2(OC(=O)/C=C/c3ccoc3)[C@H]3Cc4ccc(O)c5c4[C@@]2(CCN3CC2CC2)[C@H]1O5. The molecule has 44 heavy (non-hydrogen) atoms. The summed E-state index contributed by atoms with van der Waals surface area (Å²) in [5.74, 6) is 0.664. The monoisotopic (exact) mass is 596 g/mol. The molecular formula is C35H36N2O7. The lowest BCUT2D eigenvalue weighted by Crippen LogP contribution is -2.79. The van der Waals surface area contributed by atoms with Crippen LogP contribution in [0.25, 0.3) is 12.2 Å². The lowest BCUT2D eigenvalue weighted by atomic mass is 9.48. The van der Waals surface area contributed by atoms with E-state index in [-0.39, 0.29) is 23.7 Å². The summed E-state index contributed by atoms with van der Waals surface area (Å²) < 4.78 is 23.9. The van der Waals surface area contributed by atoms with E-state index >= 15 is 0 Å². The van der Waals surface area contributed by atoms with Gasteiger partial charge in [-0.05, 0) is 86.9 Å². The second-order valence-corrected chi connectivity index (χ2v) is 13.0. The number of hydrogen-bond donors (Lipinski definition) is 1. The minimum atomic E-state index is -0.887. The lowest BCUT2D eigenvalue weighted by molar-refractivity contribution is -0.221. The van der Waals surface area contributed by atoms with Gasteiger partial charge in [-0.1, -0.05) is 6.07 Å². The van der Waals surface area contributed by atoms with Crippen molar-refractivity contribution in [3.05, 3.63) is 83.7 Å². The number of amides is 1. The van der Waals surface area contributed by atoms with Crippen LogP contribution in [0.15, 0.2) is 70.3 Å². The minimum Gasteiger partial charge on any atom is -0.504 e. The summed E-state index contributed by atoms with van der Waals surface area (Å²) in [7, 11) is 1.81. The molecule has 9 heteroatoms. The van der Waals surface area contributed by atoms with Gasteiger partial charge >= 0.3 is 5.97 Å². The molecule has 2 bridgehead atoms. The normalized spacial score (nSPS) is 30.3. The van der Waals surface area contributed by atoms with Gasteiger partial charge in [0.15, 0.2) is 11.5 Å². The molecular weight excluding hydrogens is 560 g/mol. The number of likely N-dealkylation sites (tertiary alicyclic amines) is 1. The van der Waals surface area contributed by atoms with Crippen molar-refractivity contribution in [3.8, 4) is 11.5 Å². The highest BCUT2D eigenvalue weighted by Gasteiger charge is 2.75. The molecule has 9 nitrogen and oxygen atoms in total. The molecule has 3 aromatic rings. The Morgan fingerprint density at radius 3 is 2.50 bits per heavy atom. The van der Waals surface area contributed by atoms with Crippen molar-refractivity contribution < 1.29 is 33.0 Å². The van der Waals surface area contributed by atoms with Crippen LogP contribution in [-0.4, -0.2) is 70.7 Å². The largest absolute Gasteiger partial charge is 0.504 e. The Hall–Kier alpha value is -4.24. The van der Waals surface area contributed by atoms with Crippen molar-refractivity contribution >= 4 is 24.0 Å². The van der Waals surface area contributed by atoms with Gasteiger partial charge in [0, 0.05) is 42.4 Å². The Morgan fingerprint density at radius 2 is 1.80 bits per heavy atom. The summed E-state index contributed by atoms with van der Waals surface area (Å²) in [5.41, 5.74) is 2.06. The Labute approximate surface area is 255 Å². The molecule has 5 atom stereocenters. The summed E-state index contributed by atoms with van der Waals surface area (Å²) >= 11 is 0. The fourth-order valence-corrected chi connectivity index (χ4v) is 8.60. The van der Waals surface area contributed by atoms with Crippen LogP contribution >= 0.6 is 0 Å². The number of hydrogen-bond acceptors (Lipinski definition) is 8. The zero-order valence-electron chi connectivity index (χ0n) is 24.7. The van der Waals surface area contributed by atoms with Crippen LogP contribution in [-0.2, 0) is 26.2 Å². The van der Waals surface area contributed by atoms with E-state index in [0.29, 0.717) is 37.4 Å². The molecule has 2 aliphatic heterocycles. The van der Waals surface area contributed by atoms with Gasteiger partial charge in [-0.25, -0.2) is 4.79 Å². The van der Waals surface area contributed by atoms with Crippen LogP contribution in [0, 0.1) is 5.92 Å². The first-order valence-corrected chi connectivity index (χ1v) is 15.6. The Morgan fingerprint density at radius 1 is 1.05 bits per heavy atom. The maximum absolute atomic E-state index is 13.7. The zero-order chi connectivity index (χ0) is 30.1. The molecule has 3 aliphatic carbocycles. The molecule has 1 spiro atoms. The van der Waals surface area contributed by atoms with E-state index in [4.69, 9.17) is 18.3 Å². The molecule has 1 saturated heterocycles. The maximum Gasteiger partial charge on any atom is 0.331 e. The summed E-state index contributed by atoms with van der Waals surface area (Å²) in [5, 5.41) is 11.1. The first kappa shape index (κ1) is 27.3. The lowest BCUT2D eigenvalue weighted by Gasteiger charge is -2.65. The van der Waals surface area contributed by atoms with Gasteiger partial charge in [-0.2, -0.15) is 0 Å². The second kappa shape index (κ2) is 10.2. The topological polar surface area (TPSA) is 106 Å². The maximum atomic E-state index is 13.7. The van der Waals surface area contributed by atoms with Crippen molar-refractivity contribution in [1.82, 2.24) is 9.80 Å². The number of nitrogens with zero attached hydrogens (tertiary/aromatic N) is 2. The number of carbonyl (C=O) groups excluding carboxylic acids is 2. The van der Waals surface area contributed by atoms with Crippen molar-refractivity contribution in [2.45, 2.75) is 67.7 Å². The highest BCUT2D eigenvalue weighted by molar-refractivity contribution is 5.92. The third-order valence-electron chi connectivity index (χ3n) is 10.7. The van der Waals surface area contributed by atoms with Crippen molar-refractivity contribution in [3.63, 3.8) is 0 Å². The molecule has 228 valence electrons. The number of esters is 1. The highest BCUT2D eigenvalue weighted by Crippen LogP contribution is 2.67. The van der Waals surface area contributed by atoms with Crippen molar-refractivity contribution in [1.29, 1.82) is 0 Å². The first-order valence-electron chi connectivity index (χ1n) is 15.6. The third kappa shape index (κ3) is 4.09. The summed E-state index contributed by atoms with van der Waals surface area (Å²) in [6.45, 7) is 1.82. The minimum absolute atomic E-state index is 0.0415. The molecule has 2 saturated carbocycles. The molecule has 0 unspecified atom stereocenters. The predicted molar refractivity (Wildman–Crippen MR) is 161 cm³/mol. The molecule has 0 radical (unpaired) electrons. The number of phenolic OH excluding ortho intramolecular Hbond substituents is 1. The van der Waals surface area contributed by atoms with Gasteiger partial charge < -0.3 is 28.3 Å². The average molecular weight is 597 g/mol. The second-order valence-electron chi connectivity index (χ2n) is 13.0. The van der Waals surface area contributed by atoms with Gasteiger partial charge in [-0.3, -0.25) is 9.69 Å². The number of furan rings is 2. The van der Waals surface area contributed by atoms with Crippen molar-refractivity contribution in [2.24, 2.45) is 5.92 Å². The summed E-state index contributed by atoms with van der Waals surface area (Å²) in [6.07, 6.45) is 17.3. The number of ether oxygens (including phenoxy) is 2. The van der Waals surface area contributed by atoms with E-state index in [1.807, 2.05) is 13.1 Å². The van der Waals surface area contributed by atoms with E-state index in [0.717, 1.165) is 35.3 Å². The average Bonchev–Trinajstić information content (AvgIpc) is 3.39. The van der Waals surface area contributed by atoms with E-state index in [1.54, 1.807) is 66.4 Å². The molecule has 8 rings (SSSR count). The molecule has 3 fully saturated rings. The zero-order valence-corrected chi connectivity index (χ0v) is 24.7. The standard InChI is InChI=1S/C35H36N2O7/c1-36(29(39)8-4-23-11-16-41-20-23)26-10-13-35(44-30(40)9-5-24-12-17-42-21-24)28-18-25-6-7-27(38)32-31(25)34(35,33(26)43-32)14-15-37(28)19-22-2-3-22/h4-9,11-12,16-17,20-22,26,28,33,38H,2-3,10,13-15,18-19H2,1H3/b8-4+,9-5+/t26-,28-,33+,34+,35-/m1/s1. The first-order chi connectivity index (χ1) is 21.4. The number of rotatable bonds is 8. The Kier molecular flexibility index (Phi) is 6.31. The van der Waals surface area contributed by atoms with Crippen LogP contribution in [0.3, 0.4) is 0 Å². The molecule has 1 amide bonds. The van der Waals surface area contributed by atoms with Gasteiger partial charge in [0.2, 0.25) is 5.91 Å². The number of likely N-dealkylation sites (N-methyl/N-ethyl adjacent to an activating group) is 1.